The third kappa shape index (κ3) is 4.22. The fourth-order valence-electron chi connectivity index (χ4n) is 2.65. The molecule has 0 atom stereocenters. The van der Waals surface area contributed by atoms with E-state index in [1.54, 1.807) is 6.20 Å². The first-order chi connectivity index (χ1) is 11.8. The lowest BCUT2D eigenvalue weighted by Gasteiger charge is -2.21. The standard InChI is InChI=1S/C15H23N7OS/c1-2-13-18-15(24-19-13)21-8-4-7-20(11-12-21)14(23)16-6-10-22-9-3-5-17-22/h3,5,9H,2,4,6-8,10-12H2,1H3,(H,16,23). The molecule has 8 nitrogen and oxygen atoms in total. The van der Waals surface area contributed by atoms with Gasteiger partial charge in [0.15, 0.2) is 0 Å². The second-order valence-corrected chi connectivity index (χ2v) is 6.41. The number of urea groups is 1. The second-order valence-electron chi connectivity index (χ2n) is 5.68. The number of amides is 2. The Labute approximate surface area is 145 Å². The molecule has 2 aromatic heterocycles. The lowest BCUT2D eigenvalue weighted by molar-refractivity contribution is 0.201. The van der Waals surface area contributed by atoms with Crippen molar-refractivity contribution in [2.75, 3.05) is 37.6 Å². The van der Waals surface area contributed by atoms with Gasteiger partial charge in [0.25, 0.3) is 0 Å². The van der Waals surface area contributed by atoms with Gasteiger partial charge >= 0.3 is 6.03 Å². The Kier molecular flexibility index (Phi) is 5.63. The Morgan fingerprint density at radius 1 is 1.33 bits per heavy atom. The third-order valence-corrected chi connectivity index (χ3v) is 4.82. The predicted molar refractivity (Wildman–Crippen MR) is 93.3 cm³/mol. The van der Waals surface area contributed by atoms with Gasteiger partial charge in [0, 0.05) is 63.1 Å². The molecule has 3 heterocycles. The highest BCUT2D eigenvalue weighted by atomic mass is 32.1. The Balaban J connectivity index is 1.46. The number of aryl methyl sites for hydroxylation is 1. The summed E-state index contributed by atoms with van der Waals surface area (Å²) >= 11 is 1.45. The molecule has 3 rings (SSSR count). The molecule has 0 radical (unpaired) electrons. The number of aromatic nitrogens is 4. The number of nitrogens with zero attached hydrogens (tertiary/aromatic N) is 6. The van der Waals surface area contributed by atoms with Crippen molar-refractivity contribution in [3.63, 3.8) is 0 Å². The van der Waals surface area contributed by atoms with Crippen molar-refractivity contribution in [2.24, 2.45) is 0 Å². The van der Waals surface area contributed by atoms with Gasteiger partial charge in [-0.25, -0.2) is 9.78 Å². The quantitative estimate of drug-likeness (QED) is 0.878. The molecule has 2 aromatic rings. The third-order valence-electron chi connectivity index (χ3n) is 4.00. The summed E-state index contributed by atoms with van der Waals surface area (Å²) in [6.07, 6.45) is 5.42. The van der Waals surface area contributed by atoms with Crippen molar-refractivity contribution in [1.82, 2.24) is 29.4 Å². The lowest BCUT2D eigenvalue weighted by atomic mass is 10.4. The molecule has 1 aliphatic rings. The molecule has 0 unspecified atom stereocenters. The van der Waals surface area contributed by atoms with Gasteiger partial charge in [-0.15, -0.1) is 0 Å². The summed E-state index contributed by atoms with van der Waals surface area (Å²) in [7, 11) is 0. The molecule has 1 aliphatic heterocycles. The van der Waals surface area contributed by atoms with E-state index in [4.69, 9.17) is 0 Å². The summed E-state index contributed by atoms with van der Waals surface area (Å²) in [6.45, 7) is 6.50. The number of carbonyl (C=O) groups excluding carboxylic acids is 1. The van der Waals surface area contributed by atoms with Gasteiger partial charge in [-0.2, -0.15) is 9.47 Å². The zero-order chi connectivity index (χ0) is 16.8. The minimum Gasteiger partial charge on any atom is -0.345 e. The van der Waals surface area contributed by atoms with E-state index in [1.165, 1.54) is 11.5 Å². The van der Waals surface area contributed by atoms with Crippen molar-refractivity contribution in [3.05, 3.63) is 24.3 Å². The zero-order valence-corrected chi connectivity index (χ0v) is 14.7. The minimum absolute atomic E-state index is 0.00415. The van der Waals surface area contributed by atoms with E-state index in [0.29, 0.717) is 19.6 Å². The lowest BCUT2D eigenvalue weighted by Crippen LogP contribution is -2.43. The van der Waals surface area contributed by atoms with Crippen molar-refractivity contribution in [3.8, 4) is 0 Å². The van der Waals surface area contributed by atoms with Crippen molar-refractivity contribution >= 4 is 22.7 Å². The smallest absolute Gasteiger partial charge is 0.317 e. The summed E-state index contributed by atoms with van der Waals surface area (Å²) < 4.78 is 6.16. The minimum atomic E-state index is -0.00415. The zero-order valence-electron chi connectivity index (χ0n) is 13.9. The van der Waals surface area contributed by atoms with Crippen molar-refractivity contribution in [1.29, 1.82) is 0 Å². The second kappa shape index (κ2) is 8.09. The maximum absolute atomic E-state index is 12.3. The van der Waals surface area contributed by atoms with E-state index >= 15 is 0 Å². The number of hydrogen-bond donors (Lipinski definition) is 1. The van der Waals surface area contributed by atoms with E-state index in [1.807, 2.05) is 21.8 Å². The van der Waals surface area contributed by atoms with Crippen LogP contribution in [0.3, 0.4) is 0 Å². The van der Waals surface area contributed by atoms with Crippen LogP contribution in [0.2, 0.25) is 0 Å². The summed E-state index contributed by atoms with van der Waals surface area (Å²) in [5.74, 6) is 0.896. The molecular weight excluding hydrogens is 326 g/mol. The topological polar surface area (TPSA) is 79.2 Å². The number of hydrogen-bond acceptors (Lipinski definition) is 6. The predicted octanol–water partition coefficient (Wildman–Crippen LogP) is 1.22. The molecule has 9 heteroatoms. The molecule has 2 amide bonds. The maximum Gasteiger partial charge on any atom is 0.317 e. The first kappa shape index (κ1) is 16.7. The van der Waals surface area contributed by atoms with Gasteiger partial charge in [-0.1, -0.05) is 6.92 Å². The summed E-state index contributed by atoms with van der Waals surface area (Å²) in [5, 5.41) is 8.06. The van der Waals surface area contributed by atoms with Crippen LogP contribution in [0.1, 0.15) is 19.2 Å². The number of rotatable bonds is 5. The Morgan fingerprint density at radius 3 is 3.00 bits per heavy atom. The van der Waals surface area contributed by atoms with E-state index in [2.05, 4.69) is 31.6 Å². The molecule has 0 bridgehead atoms. The highest BCUT2D eigenvalue weighted by Gasteiger charge is 2.20. The fraction of sp³-hybridized carbons (Fsp3) is 0.600. The normalized spacial score (nSPS) is 15.4. The first-order valence-electron chi connectivity index (χ1n) is 8.34. The number of carbonyl (C=O) groups is 1. The van der Waals surface area contributed by atoms with Crippen LogP contribution in [-0.2, 0) is 13.0 Å². The molecule has 0 spiro atoms. The van der Waals surface area contributed by atoms with Crippen molar-refractivity contribution in [2.45, 2.75) is 26.3 Å². The highest BCUT2D eigenvalue weighted by molar-refractivity contribution is 7.09. The van der Waals surface area contributed by atoms with Crippen LogP contribution in [0.25, 0.3) is 0 Å². The largest absolute Gasteiger partial charge is 0.345 e. The van der Waals surface area contributed by atoms with Gasteiger partial charge in [0.2, 0.25) is 5.13 Å². The monoisotopic (exact) mass is 349 g/mol. The molecule has 1 saturated heterocycles. The van der Waals surface area contributed by atoms with Gasteiger partial charge < -0.3 is 15.1 Å². The average molecular weight is 349 g/mol. The Hall–Kier alpha value is -2.16. The van der Waals surface area contributed by atoms with Crippen LogP contribution >= 0.6 is 11.5 Å². The molecule has 0 saturated carbocycles. The van der Waals surface area contributed by atoms with Crippen LogP contribution in [0.4, 0.5) is 9.93 Å². The SMILES string of the molecule is CCc1nsc(N2CCCN(C(=O)NCCn3cccn3)CC2)n1. The van der Waals surface area contributed by atoms with Gasteiger partial charge in [-0.05, 0) is 12.5 Å². The van der Waals surface area contributed by atoms with Crippen LogP contribution in [0, 0.1) is 0 Å². The molecule has 1 fully saturated rings. The van der Waals surface area contributed by atoms with Crippen LogP contribution in [0.5, 0.6) is 0 Å². The van der Waals surface area contributed by atoms with Gasteiger partial charge in [-0.3, -0.25) is 4.68 Å². The van der Waals surface area contributed by atoms with E-state index in [-0.39, 0.29) is 6.03 Å². The molecule has 24 heavy (non-hydrogen) atoms. The Morgan fingerprint density at radius 2 is 2.25 bits per heavy atom. The van der Waals surface area contributed by atoms with Crippen molar-refractivity contribution < 1.29 is 4.79 Å². The van der Waals surface area contributed by atoms with Gasteiger partial charge in [0.1, 0.15) is 5.82 Å². The highest BCUT2D eigenvalue weighted by Crippen LogP contribution is 2.19. The average Bonchev–Trinajstić information content (AvgIpc) is 3.22. The molecule has 130 valence electrons. The van der Waals surface area contributed by atoms with Gasteiger partial charge in [0.05, 0.1) is 6.54 Å². The van der Waals surface area contributed by atoms with E-state index in [0.717, 1.165) is 43.4 Å². The van der Waals surface area contributed by atoms with Crippen LogP contribution in [-0.4, -0.2) is 62.8 Å². The Bertz CT molecular complexity index is 642. The van der Waals surface area contributed by atoms with E-state index in [9.17, 15) is 4.79 Å². The molecule has 0 aromatic carbocycles. The number of anilines is 1. The molecular formula is C15H23N7OS. The summed E-state index contributed by atoms with van der Waals surface area (Å²) in [5.41, 5.74) is 0. The maximum atomic E-state index is 12.3. The summed E-state index contributed by atoms with van der Waals surface area (Å²) in [6, 6.07) is 1.87. The molecule has 0 aliphatic carbocycles. The first-order valence-corrected chi connectivity index (χ1v) is 9.11. The fourth-order valence-corrected chi connectivity index (χ4v) is 3.45. The number of nitrogens with one attached hydrogen (secondary N) is 1. The van der Waals surface area contributed by atoms with E-state index < -0.39 is 0 Å². The van der Waals surface area contributed by atoms with Crippen LogP contribution in [0.15, 0.2) is 18.5 Å². The molecule has 1 N–H and O–H groups in total. The summed E-state index contributed by atoms with van der Waals surface area (Å²) in [4.78, 5) is 21.0. The van der Waals surface area contributed by atoms with Crippen LogP contribution < -0.4 is 10.2 Å².